The lowest BCUT2D eigenvalue weighted by atomic mass is 9.98. The lowest BCUT2D eigenvalue weighted by molar-refractivity contribution is 0.0634. The first-order valence-electron chi connectivity index (χ1n) is 9.62. The van der Waals surface area contributed by atoms with Crippen LogP contribution in [-0.4, -0.2) is 40.1 Å². The number of para-hydroxylation sites is 1. The van der Waals surface area contributed by atoms with E-state index in [1.54, 1.807) is 6.20 Å². The number of piperidine rings is 1. The molecule has 1 fully saturated rings. The summed E-state index contributed by atoms with van der Waals surface area (Å²) >= 11 is 6.30. The van der Waals surface area contributed by atoms with Crippen LogP contribution >= 0.6 is 11.6 Å². The number of hydrogen-bond acceptors (Lipinski definition) is 3. The first kappa shape index (κ1) is 18.8. The Kier molecular flexibility index (Phi) is 5.27. The molecule has 0 N–H and O–H groups in total. The molecule has 5 nitrogen and oxygen atoms in total. The molecule has 146 valence electrons. The number of aryl methyl sites for hydroxylation is 2. The Bertz CT molecular complexity index is 1010. The number of aromatic nitrogens is 2. The second kappa shape index (κ2) is 7.84. The standard InChI is InChI=1S/C22H24ClN3O2/c1-15-6-3-4-8-19(15)28-14-16-7-5-11-26(12-16)22(27)17-13-25(2)18-9-10-24-21(23)20(17)18/h3-4,6,8-10,13,16H,5,7,11-12,14H2,1-2H3. The molecule has 0 bridgehead atoms. The summed E-state index contributed by atoms with van der Waals surface area (Å²) in [7, 11) is 1.92. The van der Waals surface area contributed by atoms with E-state index in [9.17, 15) is 4.79 Å². The highest BCUT2D eigenvalue weighted by Gasteiger charge is 2.27. The van der Waals surface area contributed by atoms with E-state index in [2.05, 4.69) is 4.98 Å². The molecule has 0 saturated carbocycles. The maximum Gasteiger partial charge on any atom is 0.256 e. The number of benzene rings is 1. The van der Waals surface area contributed by atoms with Gasteiger partial charge in [-0.25, -0.2) is 4.98 Å². The molecule has 1 aliphatic rings. The average molecular weight is 398 g/mol. The molecule has 4 rings (SSSR count). The first-order valence-corrected chi connectivity index (χ1v) is 9.99. The fourth-order valence-corrected chi connectivity index (χ4v) is 4.20. The Morgan fingerprint density at radius 3 is 2.96 bits per heavy atom. The van der Waals surface area contributed by atoms with Crippen molar-refractivity contribution in [1.29, 1.82) is 0 Å². The van der Waals surface area contributed by atoms with Crippen LogP contribution in [0.1, 0.15) is 28.8 Å². The van der Waals surface area contributed by atoms with Crippen LogP contribution in [0, 0.1) is 12.8 Å². The molecule has 1 amide bonds. The van der Waals surface area contributed by atoms with Gasteiger partial charge in [0.25, 0.3) is 5.91 Å². The molecule has 28 heavy (non-hydrogen) atoms. The summed E-state index contributed by atoms with van der Waals surface area (Å²) in [4.78, 5) is 19.3. The highest BCUT2D eigenvalue weighted by molar-refractivity contribution is 6.35. The van der Waals surface area contributed by atoms with Crippen molar-refractivity contribution in [2.75, 3.05) is 19.7 Å². The van der Waals surface area contributed by atoms with Crippen LogP contribution in [-0.2, 0) is 7.05 Å². The zero-order chi connectivity index (χ0) is 19.7. The van der Waals surface area contributed by atoms with Crippen LogP contribution in [0.4, 0.5) is 0 Å². The molecule has 0 spiro atoms. The van der Waals surface area contributed by atoms with Crippen LogP contribution in [0.25, 0.3) is 10.9 Å². The molecule has 1 aromatic carbocycles. The van der Waals surface area contributed by atoms with Gasteiger partial charge < -0.3 is 14.2 Å². The molecular weight excluding hydrogens is 374 g/mol. The SMILES string of the molecule is Cc1ccccc1OCC1CCCN(C(=O)c2cn(C)c3ccnc(Cl)c23)C1. The van der Waals surface area contributed by atoms with Crippen molar-refractivity contribution in [2.24, 2.45) is 13.0 Å². The van der Waals surface area contributed by atoms with Crippen molar-refractivity contribution < 1.29 is 9.53 Å². The monoisotopic (exact) mass is 397 g/mol. The molecule has 2 aromatic heterocycles. The molecule has 0 radical (unpaired) electrons. The summed E-state index contributed by atoms with van der Waals surface area (Å²) in [6.07, 6.45) is 5.56. The summed E-state index contributed by atoms with van der Waals surface area (Å²) in [6, 6.07) is 9.91. The summed E-state index contributed by atoms with van der Waals surface area (Å²) in [6.45, 7) is 4.11. The van der Waals surface area contributed by atoms with Gasteiger partial charge >= 0.3 is 0 Å². The highest BCUT2D eigenvalue weighted by atomic mass is 35.5. The van der Waals surface area contributed by atoms with Crippen molar-refractivity contribution in [3.05, 3.63) is 59.0 Å². The predicted molar refractivity (Wildman–Crippen MR) is 111 cm³/mol. The number of pyridine rings is 1. The Morgan fingerprint density at radius 1 is 1.32 bits per heavy atom. The second-order valence-corrected chi connectivity index (χ2v) is 7.84. The lowest BCUT2D eigenvalue weighted by Gasteiger charge is -2.32. The van der Waals surface area contributed by atoms with Crippen molar-refractivity contribution in [3.8, 4) is 5.75 Å². The number of nitrogens with zero attached hydrogens (tertiary/aromatic N) is 3. The molecule has 3 heterocycles. The van der Waals surface area contributed by atoms with Crippen molar-refractivity contribution >= 4 is 28.4 Å². The van der Waals surface area contributed by atoms with Crippen LogP contribution in [0.15, 0.2) is 42.7 Å². The third-order valence-corrected chi connectivity index (χ3v) is 5.75. The number of carbonyl (C=O) groups is 1. The molecule has 1 saturated heterocycles. The maximum atomic E-state index is 13.2. The van der Waals surface area contributed by atoms with Crippen molar-refractivity contribution in [2.45, 2.75) is 19.8 Å². The van der Waals surface area contributed by atoms with E-state index in [4.69, 9.17) is 16.3 Å². The summed E-state index contributed by atoms with van der Waals surface area (Å²) < 4.78 is 7.96. The van der Waals surface area contributed by atoms with E-state index in [-0.39, 0.29) is 5.91 Å². The van der Waals surface area contributed by atoms with Crippen LogP contribution in [0.2, 0.25) is 5.15 Å². The molecule has 0 aliphatic carbocycles. The number of rotatable bonds is 4. The summed E-state index contributed by atoms with van der Waals surface area (Å²) in [5, 5.41) is 1.10. The van der Waals surface area contributed by atoms with Gasteiger partial charge in [0.15, 0.2) is 0 Å². The number of ether oxygens (including phenoxy) is 1. The fraction of sp³-hybridized carbons (Fsp3) is 0.364. The quantitative estimate of drug-likeness (QED) is 0.610. The Morgan fingerprint density at radius 2 is 2.14 bits per heavy atom. The topological polar surface area (TPSA) is 47.4 Å². The van der Waals surface area contributed by atoms with Gasteiger partial charge in [0, 0.05) is 43.8 Å². The lowest BCUT2D eigenvalue weighted by Crippen LogP contribution is -2.41. The minimum atomic E-state index is 0.0149. The molecule has 1 atom stereocenters. The molecule has 6 heteroatoms. The van der Waals surface area contributed by atoms with Gasteiger partial charge in [0.1, 0.15) is 10.9 Å². The van der Waals surface area contributed by atoms with Gasteiger partial charge in [-0.1, -0.05) is 29.8 Å². The van der Waals surface area contributed by atoms with Gasteiger partial charge in [-0.2, -0.15) is 0 Å². The van der Waals surface area contributed by atoms with Gasteiger partial charge in [0.05, 0.1) is 17.7 Å². The smallest absolute Gasteiger partial charge is 0.256 e. The van der Waals surface area contributed by atoms with E-state index >= 15 is 0 Å². The van der Waals surface area contributed by atoms with Crippen molar-refractivity contribution in [3.63, 3.8) is 0 Å². The summed E-state index contributed by atoms with van der Waals surface area (Å²) in [5.41, 5.74) is 2.67. The van der Waals surface area contributed by atoms with E-state index in [0.717, 1.165) is 41.6 Å². The minimum absolute atomic E-state index is 0.0149. The maximum absolute atomic E-state index is 13.2. The van der Waals surface area contributed by atoms with E-state index in [1.807, 2.05) is 60.0 Å². The van der Waals surface area contributed by atoms with E-state index in [0.29, 0.717) is 29.8 Å². The second-order valence-electron chi connectivity index (χ2n) is 7.49. The van der Waals surface area contributed by atoms with Crippen LogP contribution in [0.3, 0.4) is 0 Å². The number of hydrogen-bond donors (Lipinski definition) is 0. The summed E-state index contributed by atoms with van der Waals surface area (Å²) in [5.74, 6) is 1.25. The third-order valence-electron chi connectivity index (χ3n) is 5.46. The van der Waals surface area contributed by atoms with E-state index < -0.39 is 0 Å². The molecular formula is C22H24ClN3O2. The Hall–Kier alpha value is -2.53. The van der Waals surface area contributed by atoms with Gasteiger partial charge in [-0.05, 0) is 37.5 Å². The molecule has 1 unspecified atom stereocenters. The number of halogens is 1. The highest BCUT2D eigenvalue weighted by Crippen LogP contribution is 2.29. The molecule has 1 aliphatic heterocycles. The predicted octanol–water partition coefficient (Wildman–Crippen LogP) is 4.47. The third kappa shape index (κ3) is 3.59. The minimum Gasteiger partial charge on any atom is -0.493 e. The fourth-order valence-electron chi connectivity index (χ4n) is 3.94. The van der Waals surface area contributed by atoms with Gasteiger partial charge in [-0.3, -0.25) is 4.79 Å². The van der Waals surface area contributed by atoms with Crippen LogP contribution in [0.5, 0.6) is 5.75 Å². The zero-order valence-corrected chi connectivity index (χ0v) is 16.9. The first-order chi connectivity index (χ1) is 13.5. The number of likely N-dealkylation sites (tertiary alicyclic amines) is 1. The number of carbonyl (C=O) groups excluding carboxylic acids is 1. The van der Waals surface area contributed by atoms with Gasteiger partial charge in [0.2, 0.25) is 0 Å². The van der Waals surface area contributed by atoms with Crippen LogP contribution < -0.4 is 4.74 Å². The number of fused-ring (bicyclic) bond motifs is 1. The van der Waals surface area contributed by atoms with Crippen molar-refractivity contribution in [1.82, 2.24) is 14.5 Å². The van der Waals surface area contributed by atoms with Gasteiger partial charge in [-0.15, -0.1) is 0 Å². The Labute approximate surface area is 169 Å². The number of amides is 1. The average Bonchev–Trinajstić information content (AvgIpc) is 3.05. The Balaban J connectivity index is 1.49. The largest absolute Gasteiger partial charge is 0.493 e. The van der Waals surface area contributed by atoms with E-state index in [1.165, 1.54) is 0 Å². The molecule has 3 aromatic rings. The zero-order valence-electron chi connectivity index (χ0n) is 16.2. The normalized spacial score (nSPS) is 17.1.